The lowest BCUT2D eigenvalue weighted by atomic mass is 9.56. The molecule has 0 spiro atoms. The summed E-state index contributed by atoms with van der Waals surface area (Å²) in [5.41, 5.74) is 4.22. The Hall–Kier alpha value is -4.33. The number of pyridine rings is 2. The zero-order valence-corrected chi connectivity index (χ0v) is 19.6. The normalized spacial score (nSPS) is 14.2. The highest BCUT2D eigenvalue weighted by Gasteiger charge is 2.48. The molecule has 0 saturated carbocycles. The molecule has 8 heteroatoms. The van der Waals surface area contributed by atoms with Gasteiger partial charge in [-0.2, -0.15) is 0 Å². The molecule has 0 unspecified atom stereocenters. The van der Waals surface area contributed by atoms with Crippen LogP contribution >= 0.6 is 0 Å². The zero-order chi connectivity index (χ0) is 24.0. The van der Waals surface area contributed by atoms with Crippen LogP contribution in [0.15, 0.2) is 91.3 Å². The lowest BCUT2D eigenvalue weighted by Crippen LogP contribution is -2.66. The fourth-order valence-electron chi connectivity index (χ4n) is 4.93. The maximum atomic E-state index is 12.1. The highest BCUT2D eigenvalue weighted by molar-refractivity contribution is 6.66. The van der Waals surface area contributed by atoms with E-state index in [1.807, 2.05) is 53.2 Å². The number of aromatic nitrogens is 2. The van der Waals surface area contributed by atoms with E-state index in [9.17, 15) is 4.79 Å². The van der Waals surface area contributed by atoms with Crippen molar-refractivity contribution in [2.75, 3.05) is 14.1 Å². The predicted molar refractivity (Wildman–Crippen MR) is 131 cm³/mol. The van der Waals surface area contributed by atoms with Crippen LogP contribution in [0, 0.1) is 0 Å². The van der Waals surface area contributed by atoms with Crippen LogP contribution in [0.25, 0.3) is 22.5 Å². The smallest absolute Gasteiger partial charge is 0.472 e. The van der Waals surface area contributed by atoms with Gasteiger partial charge in [0.05, 0.1) is 22.6 Å². The first-order chi connectivity index (χ1) is 17.0. The van der Waals surface area contributed by atoms with E-state index in [0.29, 0.717) is 18.6 Å². The summed E-state index contributed by atoms with van der Waals surface area (Å²) in [4.78, 5) is 13.5. The average molecular weight is 466 g/mol. The van der Waals surface area contributed by atoms with Gasteiger partial charge in [-0.1, -0.05) is 24.3 Å². The monoisotopic (exact) mass is 466 g/mol. The molecule has 2 bridgehead atoms. The zero-order valence-electron chi connectivity index (χ0n) is 19.6. The minimum Gasteiger partial charge on any atom is -0.675 e. The van der Waals surface area contributed by atoms with E-state index in [1.165, 1.54) is 4.90 Å². The van der Waals surface area contributed by atoms with Gasteiger partial charge in [0.15, 0.2) is 11.9 Å². The van der Waals surface area contributed by atoms with Gasteiger partial charge in [0, 0.05) is 32.3 Å². The summed E-state index contributed by atoms with van der Waals surface area (Å²) in [7, 11) is 3.31. The van der Waals surface area contributed by atoms with Crippen molar-refractivity contribution in [2.45, 2.75) is 12.9 Å². The molecule has 0 aliphatic carbocycles. The number of hydrogen-bond donors (Lipinski definition) is 0. The van der Waals surface area contributed by atoms with E-state index in [0.717, 1.165) is 34.0 Å². The highest BCUT2D eigenvalue weighted by Crippen LogP contribution is 2.39. The van der Waals surface area contributed by atoms with E-state index >= 15 is 0 Å². The van der Waals surface area contributed by atoms with Crippen molar-refractivity contribution in [3.63, 3.8) is 0 Å². The fraction of sp³-hybridized carbons (Fsp3) is 0.148. The number of hydrogen-bond acceptors (Lipinski definition) is 4. The van der Waals surface area contributed by atoms with Gasteiger partial charge in [-0.25, -0.2) is 13.9 Å². The Morgan fingerprint density at radius 2 is 1.51 bits per heavy atom. The first-order valence-corrected chi connectivity index (χ1v) is 11.7. The number of ether oxygens (including phenoxy) is 1. The number of amides is 1. The van der Waals surface area contributed by atoms with Gasteiger partial charge in [-0.15, -0.1) is 0 Å². The van der Waals surface area contributed by atoms with Gasteiger partial charge in [0.25, 0.3) is 0 Å². The summed E-state index contributed by atoms with van der Waals surface area (Å²) >= 11 is 0. The Morgan fingerprint density at radius 3 is 2.14 bits per heavy atom. The van der Waals surface area contributed by atoms with Crippen LogP contribution in [0.2, 0.25) is 0 Å². The molecule has 0 fully saturated rings. The van der Waals surface area contributed by atoms with E-state index in [1.54, 1.807) is 26.4 Å². The molecule has 1 amide bonds. The second kappa shape index (κ2) is 8.16. The summed E-state index contributed by atoms with van der Waals surface area (Å²) in [6.07, 6.45) is 4.26. The Bertz CT molecular complexity index is 1390. The van der Waals surface area contributed by atoms with Crippen LogP contribution in [0.3, 0.4) is 0 Å². The molecule has 2 aromatic carbocycles. The molecule has 7 nitrogen and oxygen atoms in total. The van der Waals surface area contributed by atoms with Crippen molar-refractivity contribution in [3.8, 4) is 39.8 Å². The lowest BCUT2D eigenvalue weighted by Gasteiger charge is -2.36. The Morgan fingerprint density at radius 1 is 0.886 bits per heavy atom. The van der Waals surface area contributed by atoms with Gasteiger partial charge in [-0.3, -0.25) is 0 Å². The van der Waals surface area contributed by atoms with Gasteiger partial charge in [0.2, 0.25) is 17.6 Å². The van der Waals surface area contributed by atoms with Crippen molar-refractivity contribution in [1.29, 1.82) is 0 Å². The van der Waals surface area contributed by atoms with Gasteiger partial charge in [-0.05, 0) is 36.4 Å². The molecule has 6 rings (SSSR count). The molecule has 174 valence electrons. The third kappa shape index (κ3) is 3.77. The maximum absolute atomic E-state index is 12.1. The fourth-order valence-corrected chi connectivity index (χ4v) is 4.93. The number of para-hydroxylation sites is 2. The second-order valence-electron chi connectivity index (χ2n) is 9.19. The molecule has 0 radical (unpaired) electrons. The maximum Gasteiger partial charge on any atom is 0.472 e. The SMILES string of the molecule is CN(C)C(=O)Oc1ccc[n+](C[B-]23C[n+]4c(cccc4-c4ccccc4O2)-c2ccccc2O3)c1. The van der Waals surface area contributed by atoms with E-state index in [-0.39, 0.29) is 0 Å². The van der Waals surface area contributed by atoms with Crippen molar-refractivity contribution in [3.05, 3.63) is 91.3 Å². The summed E-state index contributed by atoms with van der Waals surface area (Å²) < 4.78 is 23.4. The number of nitrogens with zero attached hydrogens (tertiary/aromatic N) is 3. The Balaban J connectivity index is 1.49. The largest absolute Gasteiger partial charge is 0.675 e. The third-order valence-corrected chi connectivity index (χ3v) is 6.45. The Labute approximate surface area is 203 Å². The summed E-state index contributed by atoms with van der Waals surface area (Å²) in [6.45, 7) is -1.92. The van der Waals surface area contributed by atoms with Gasteiger partial charge >= 0.3 is 12.6 Å². The van der Waals surface area contributed by atoms with Crippen molar-refractivity contribution >= 4 is 12.6 Å². The van der Waals surface area contributed by atoms with Crippen LogP contribution in [0.5, 0.6) is 17.2 Å². The molecule has 0 N–H and O–H groups in total. The van der Waals surface area contributed by atoms with Crippen LogP contribution in [0.1, 0.15) is 0 Å². The van der Waals surface area contributed by atoms with Crippen LogP contribution in [0.4, 0.5) is 4.79 Å². The summed E-state index contributed by atoms with van der Waals surface area (Å²) in [5, 5.41) is 0. The van der Waals surface area contributed by atoms with Gasteiger partial charge < -0.3 is 18.9 Å². The highest BCUT2D eigenvalue weighted by atomic mass is 16.6. The molecule has 2 aromatic heterocycles. The van der Waals surface area contributed by atoms with Crippen molar-refractivity contribution in [1.82, 2.24) is 4.90 Å². The summed E-state index contributed by atoms with van der Waals surface area (Å²) in [6, 6.07) is 26.1. The average Bonchev–Trinajstić information content (AvgIpc) is 3.07. The molecule has 4 heterocycles. The minimum absolute atomic E-state index is 0.427. The third-order valence-electron chi connectivity index (χ3n) is 6.45. The second-order valence-corrected chi connectivity index (χ2v) is 9.19. The number of carbonyl (C=O) groups is 1. The summed E-state index contributed by atoms with van der Waals surface area (Å²) in [5.74, 6) is 2.02. The standard InChI is InChI=1S/C27H25BN3O4/c1-29(2)27(32)33-20-9-8-16-30(17-20)18-28-19-31-23(21-10-3-5-14-25(21)34-28)12-7-13-24(31)22-11-4-6-15-26(22)35-28/h3-17H,18-19H2,1-2H3/q+1. The molecular formula is C27H25BN3O4+. The molecule has 0 atom stereocenters. The van der Waals surface area contributed by atoms with Crippen LogP contribution in [-0.2, 0) is 12.9 Å². The molecule has 4 aromatic rings. The van der Waals surface area contributed by atoms with Crippen molar-refractivity contribution in [2.24, 2.45) is 0 Å². The molecule has 2 aliphatic rings. The van der Waals surface area contributed by atoms with Gasteiger partial charge in [0.1, 0.15) is 12.9 Å². The number of fused-ring (bicyclic) bond motifs is 5. The first-order valence-electron chi connectivity index (χ1n) is 11.7. The number of rotatable bonds is 3. The number of benzene rings is 2. The molecule has 2 aliphatic heterocycles. The van der Waals surface area contributed by atoms with E-state index in [2.05, 4.69) is 34.9 Å². The van der Waals surface area contributed by atoms with E-state index < -0.39 is 12.6 Å². The molecular weight excluding hydrogens is 441 g/mol. The quantitative estimate of drug-likeness (QED) is 0.342. The first kappa shape index (κ1) is 21.2. The molecule has 0 saturated heterocycles. The lowest BCUT2D eigenvalue weighted by molar-refractivity contribution is -0.692. The predicted octanol–water partition coefficient (Wildman–Crippen LogP) is 3.66. The van der Waals surface area contributed by atoms with Crippen LogP contribution in [-0.4, -0.2) is 31.6 Å². The van der Waals surface area contributed by atoms with Crippen molar-refractivity contribution < 1.29 is 28.0 Å². The molecule has 35 heavy (non-hydrogen) atoms. The Kier molecular flexibility index (Phi) is 4.95. The minimum atomic E-state index is -1.92. The topological polar surface area (TPSA) is 55.8 Å². The number of carbonyl (C=O) groups excluding carboxylic acids is 1. The van der Waals surface area contributed by atoms with Crippen LogP contribution < -0.4 is 23.2 Å². The van der Waals surface area contributed by atoms with E-state index in [4.69, 9.17) is 14.0 Å².